The predicted molar refractivity (Wildman–Crippen MR) is 40.2 cm³/mol. The number of hydrogen-bond acceptors (Lipinski definition) is 2. The second-order valence-corrected chi connectivity index (χ2v) is 2.32. The minimum atomic E-state index is -0.563. The van der Waals surface area contributed by atoms with E-state index in [-0.39, 0.29) is 18.6 Å². The lowest BCUT2D eigenvalue weighted by Gasteiger charge is -2.02. The molecule has 1 rings (SSSR count). The molecule has 12 heavy (non-hydrogen) atoms. The van der Waals surface area contributed by atoms with Gasteiger partial charge in [-0.15, -0.1) is 0 Å². The molecule has 2 N–H and O–H groups in total. The van der Waals surface area contributed by atoms with Gasteiger partial charge in [0.05, 0.1) is 6.61 Å². The molecule has 0 bridgehead atoms. The van der Waals surface area contributed by atoms with Crippen molar-refractivity contribution in [3.8, 4) is 0 Å². The van der Waals surface area contributed by atoms with Gasteiger partial charge in [0.1, 0.15) is 11.6 Å². The first-order valence-corrected chi connectivity index (χ1v) is 3.50. The van der Waals surface area contributed by atoms with Gasteiger partial charge in [-0.1, -0.05) is 6.07 Å². The fourth-order valence-electron chi connectivity index (χ4n) is 0.932. The molecule has 1 aromatic rings. The Bertz CT molecular complexity index is 245. The van der Waals surface area contributed by atoms with Crippen LogP contribution < -0.4 is 5.90 Å². The van der Waals surface area contributed by atoms with Gasteiger partial charge >= 0.3 is 0 Å². The third-order valence-electron chi connectivity index (χ3n) is 1.53. The summed E-state index contributed by atoms with van der Waals surface area (Å²) < 4.78 is 25.7. The molecule has 0 saturated heterocycles. The van der Waals surface area contributed by atoms with Crippen LogP contribution in [0.25, 0.3) is 0 Å². The molecular weight excluding hydrogens is 164 g/mol. The average molecular weight is 173 g/mol. The third kappa shape index (κ3) is 1.99. The highest BCUT2D eigenvalue weighted by Crippen LogP contribution is 2.12. The van der Waals surface area contributed by atoms with Crippen LogP contribution in [0, 0.1) is 11.6 Å². The van der Waals surface area contributed by atoms with Crippen molar-refractivity contribution in [2.24, 2.45) is 5.90 Å². The number of halogens is 2. The highest BCUT2D eigenvalue weighted by Gasteiger charge is 2.06. The molecule has 4 heteroatoms. The van der Waals surface area contributed by atoms with Crippen molar-refractivity contribution in [1.29, 1.82) is 0 Å². The Balaban J connectivity index is 2.81. The molecule has 0 amide bonds. The molecule has 0 fully saturated rings. The van der Waals surface area contributed by atoms with Gasteiger partial charge in [-0.05, 0) is 12.1 Å². The zero-order chi connectivity index (χ0) is 8.97. The van der Waals surface area contributed by atoms with E-state index in [0.29, 0.717) is 0 Å². The first kappa shape index (κ1) is 9.09. The smallest absolute Gasteiger partial charge is 0.129 e. The number of hydrogen-bond donors (Lipinski definition) is 1. The Morgan fingerprint density at radius 2 is 1.83 bits per heavy atom. The van der Waals surface area contributed by atoms with Gasteiger partial charge in [-0.25, -0.2) is 14.7 Å². The maximum Gasteiger partial charge on any atom is 0.129 e. The molecule has 66 valence electrons. The van der Waals surface area contributed by atoms with Crippen LogP contribution in [-0.4, -0.2) is 6.61 Å². The molecule has 0 saturated carbocycles. The van der Waals surface area contributed by atoms with Crippen LogP contribution in [0.15, 0.2) is 18.2 Å². The van der Waals surface area contributed by atoms with Crippen LogP contribution in [0.1, 0.15) is 5.56 Å². The van der Waals surface area contributed by atoms with Crippen molar-refractivity contribution in [1.82, 2.24) is 0 Å². The molecule has 0 aromatic heterocycles. The Hall–Kier alpha value is -1.00. The monoisotopic (exact) mass is 173 g/mol. The second kappa shape index (κ2) is 4.13. The zero-order valence-corrected chi connectivity index (χ0v) is 6.39. The Morgan fingerprint density at radius 1 is 1.25 bits per heavy atom. The van der Waals surface area contributed by atoms with E-state index < -0.39 is 11.6 Å². The zero-order valence-electron chi connectivity index (χ0n) is 6.39. The fourth-order valence-corrected chi connectivity index (χ4v) is 0.932. The Labute approximate surface area is 68.9 Å². The lowest BCUT2D eigenvalue weighted by atomic mass is 10.1. The Kier molecular flexibility index (Phi) is 3.13. The summed E-state index contributed by atoms with van der Waals surface area (Å²) in [6.07, 6.45) is 0.148. The third-order valence-corrected chi connectivity index (χ3v) is 1.53. The van der Waals surface area contributed by atoms with Crippen LogP contribution in [0.3, 0.4) is 0 Å². The molecule has 0 atom stereocenters. The molecule has 2 nitrogen and oxygen atoms in total. The lowest BCUT2D eigenvalue weighted by molar-refractivity contribution is 0.140. The SMILES string of the molecule is NOCCc1c(F)cccc1F. The molecule has 0 unspecified atom stereocenters. The van der Waals surface area contributed by atoms with E-state index in [9.17, 15) is 8.78 Å². The van der Waals surface area contributed by atoms with Crippen molar-refractivity contribution < 1.29 is 13.6 Å². The van der Waals surface area contributed by atoms with E-state index in [1.807, 2.05) is 0 Å². The maximum absolute atomic E-state index is 12.8. The summed E-state index contributed by atoms with van der Waals surface area (Å²) in [4.78, 5) is 4.22. The quantitative estimate of drug-likeness (QED) is 0.701. The number of nitrogens with two attached hydrogens (primary N) is 1. The summed E-state index contributed by atoms with van der Waals surface area (Å²) >= 11 is 0. The number of benzene rings is 1. The molecule has 0 aliphatic carbocycles. The van der Waals surface area contributed by atoms with Crippen LogP contribution in [0.2, 0.25) is 0 Å². The average Bonchev–Trinajstić information content (AvgIpc) is 2.04. The summed E-state index contributed by atoms with van der Waals surface area (Å²) in [5.41, 5.74) is 0.0166. The van der Waals surface area contributed by atoms with Crippen molar-refractivity contribution in [2.75, 3.05) is 6.61 Å². The summed E-state index contributed by atoms with van der Waals surface area (Å²) in [5.74, 6) is 3.61. The minimum Gasteiger partial charge on any atom is -0.304 e. The fraction of sp³-hybridized carbons (Fsp3) is 0.250. The van der Waals surface area contributed by atoms with Gasteiger partial charge in [0.15, 0.2) is 0 Å². The predicted octanol–water partition coefficient (Wildman–Crippen LogP) is 1.40. The second-order valence-electron chi connectivity index (χ2n) is 2.32. The van der Waals surface area contributed by atoms with Crippen molar-refractivity contribution in [3.63, 3.8) is 0 Å². The molecule has 0 radical (unpaired) electrons. The standard InChI is InChI=1S/C8H9F2NO/c9-7-2-1-3-8(10)6(7)4-5-12-11/h1-3H,4-5,11H2. The highest BCUT2D eigenvalue weighted by molar-refractivity contribution is 5.19. The van der Waals surface area contributed by atoms with E-state index >= 15 is 0 Å². The van der Waals surface area contributed by atoms with Gasteiger partial charge in [-0.2, -0.15) is 0 Å². The molecule has 0 heterocycles. The lowest BCUT2D eigenvalue weighted by Crippen LogP contribution is -2.06. The highest BCUT2D eigenvalue weighted by atomic mass is 19.1. The van der Waals surface area contributed by atoms with Gasteiger partial charge in [0.25, 0.3) is 0 Å². The minimum absolute atomic E-state index is 0.0166. The molecule has 0 aliphatic heterocycles. The normalized spacial score (nSPS) is 10.2. The first-order chi connectivity index (χ1) is 5.75. The summed E-state index contributed by atoms with van der Waals surface area (Å²) in [6.45, 7) is 0.109. The maximum atomic E-state index is 12.8. The van der Waals surface area contributed by atoms with E-state index in [4.69, 9.17) is 5.90 Å². The Morgan fingerprint density at radius 3 is 2.33 bits per heavy atom. The number of rotatable bonds is 3. The van der Waals surface area contributed by atoms with Crippen LogP contribution >= 0.6 is 0 Å². The van der Waals surface area contributed by atoms with Crippen molar-refractivity contribution in [3.05, 3.63) is 35.4 Å². The summed E-state index contributed by atoms with van der Waals surface area (Å²) in [6, 6.07) is 3.72. The largest absolute Gasteiger partial charge is 0.304 e. The van der Waals surface area contributed by atoms with Gasteiger partial charge in [-0.3, -0.25) is 0 Å². The molecule has 0 spiro atoms. The van der Waals surface area contributed by atoms with Crippen LogP contribution in [-0.2, 0) is 11.3 Å². The van der Waals surface area contributed by atoms with E-state index in [2.05, 4.69) is 4.84 Å². The summed E-state index contributed by atoms with van der Waals surface area (Å²) in [5, 5.41) is 0. The van der Waals surface area contributed by atoms with Gasteiger partial charge in [0.2, 0.25) is 0 Å². The van der Waals surface area contributed by atoms with Crippen molar-refractivity contribution >= 4 is 0 Å². The van der Waals surface area contributed by atoms with E-state index in [1.54, 1.807) is 0 Å². The van der Waals surface area contributed by atoms with Gasteiger partial charge in [0, 0.05) is 12.0 Å². The van der Waals surface area contributed by atoms with Crippen LogP contribution in [0.5, 0.6) is 0 Å². The van der Waals surface area contributed by atoms with Crippen LogP contribution in [0.4, 0.5) is 8.78 Å². The first-order valence-electron chi connectivity index (χ1n) is 3.50. The molecule has 0 aliphatic rings. The van der Waals surface area contributed by atoms with E-state index in [1.165, 1.54) is 18.2 Å². The summed E-state index contributed by atoms with van der Waals surface area (Å²) in [7, 11) is 0. The topological polar surface area (TPSA) is 35.2 Å². The van der Waals surface area contributed by atoms with E-state index in [0.717, 1.165) is 0 Å². The molecule has 1 aromatic carbocycles. The van der Waals surface area contributed by atoms with Gasteiger partial charge < -0.3 is 4.84 Å². The molecular formula is C8H9F2NO. The van der Waals surface area contributed by atoms with Crippen molar-refractivity contribution in [2.45, 2.75) is 6.42 Å².